The van der Waals surface area contributed by atoms with Crippen molar-refractivity contribution in [1.82, 2.24) is 0 Å². The van der Waals surface area contributed by atoms with Crippen LogP contribution in [0, 0.1) is 0 Å². The van der Waals surface area contributed by atoms with Gasteiger partial charge in [0.05, 0.1) is 13.2 Å². The second-order valence-electron chi connectivity index (χ2n) is 14.8. The van der Waals surface area contributed by atoms with Crippen LogP contribution in [-0.2, 0) is 28.5 Å². The molecule has 0 radical (unpaired) electrons. The zero-order valence-corrected chi connectivity index (χ0v) is 36.2. The summed E-state index contributed by atoms with van der Waals surface area (Å²) in [4.78, 5) is 25.3. The molecule has 0 aromatic rings. The Bertz CT molecular complexity index is 1280. The molecule has 1 heterocycles. The Kier molecular flexibility index (Phi) is 35.3. The van der Waals surface area contributed by atoms with E-state index in [0.717, 1.165) is 70.6 Å². The van der Waals surface area contributed by atoms with Gasteiger partial charge in [-0.1, -0.05) is 137 Å². The Morgan fingerprint density at radius 1 is 0.525 bits per heavy atom. The summed E-state index contributed by atoms with van der Waals surface area (Å²) in [6, 6.07) is 0. The third kappa shape index (κ3) is 30.3. The summed E-state index contributed by atoms with van der Waals surface area (Å²) in [5, 5.41) is 40.1. The van der Waals surface area contributed by atoms with Crippen molar-refractivity contribution >= 4 is 11.9 Å². The average Bonchev–Trinajstić information content (AvgIpc) is 3.23. The van der Waals surface area contributed by atoms with E-state index in [1.807, 2.05) is 6.08 Å². The number of carbonyl (C=O) groups is 2. The van der Waals surface area contributed by atoms with E-state index in [4.69, 9.17) is 18.9 Å². The van der Waals surface area contributed by atoms with Gasteiger partial charge >= 0.3 is 11.9 Å². The standard InChI is InChI=1S/C49H78O10/c1-3-5-7-9-11-13-15-17-19-21-23-25-27-29-31-33-35-37-44(51)56-40-42(41-57-49-48(55)47(54)46(53)43(39-50)59-49)58-45(52)38-36-34-32-30-28-26-24-22-20-18-16-14-12-10-8-6-4-2/h7,9,12-15,18-21,24-27,30,32,42-43,46-50,53-55H,3-6,8,10-11,16-17,22-23,28-29,31,33-41H2,1-2H3/b9-7+,14-12+,15-13+,20-18+,21-19+,26-24+,27-25+,32-30+/t42-,43-,46+,47?,48?,49-/m0/s1. The number of aliphatic hydroxyl groups excluding tert-OH is 4. The van der Waals surface area contributed by atoms with Gasteiger partial charge in [0.2, 0.25) is 0 Å². The van der Waals surface area contributed by atoms with E-state index in [2.05, 4.69) is 105 Å². The van der Waals surface area contributed by atoms with Crippen molar-refractivity contribution in [3.63, 3.8) is 0 Å². The normalized spacial score (nSPS) is 20.9. The molecule has 0 saturated carbocycles. The van der Waals surface area contributed by atoms with Crippen molar-refractivity contribution < 1.29 is 49.0 Å². The van der Waals surface area contributed by atoms with Gasteiger partial charge in [-0.15, -0.1) is 0 Å². The molecule has 1 rings (SSSR count). The van der Waals surface area contributed by atoms with Crippen LogP contribution >= 0.6 is 0 Å². The number of esters is 2. The fourth-order valence-corrected chi connectivity index (χ4v) is 5.88. The van der Waals surface area contributed by atoms with Crippen molar-refractivity contribution in [2.45, 2.75) is 179 Å². The van der Waals surface area contributed by atoms with Gasteiger partial charge in [0, 0.05) is 12.8 Å². The number of allylic oxidation sites excluding steroid dienone is 16. The number of hydrogen-bond acceptors (Lipinski definition) is 10. The zero-order valence-electron chi connectivity index (χ0n) is 36.2. The highest BCUT2D eigenvalue weighted by Crippen LogP contribution is 2.22. The molecule has 0 amide bonds. The molecule has 1 aliphatic heterocycles. The molecule has 0 aromatic carbocycles. The summed E-state index contributed by atoms with van der Waals surface area (Å²) in [5.74, 6) is -0.920. The van der Waals surface area contributed by atoms with Gasteiger partial charge in [-0.3, -0.25) is 9.59 Å². The van der Waals surface area contributed by atoms with Gasteiger partial charge in [-0.2, -0.15) is 0 Å². The predicted molar refractivity (Wildman–Crippen MR) is 237 cm³/mol. The zero-order chi connectivity index (χ0) is 43.0. The minimum Gasteiger partial charge on any atom is -0.462 e. The van der Waals surface area contributed by atoms with E-state index in [9.17, 15) is 30.0 Å². The second kappa shape index (κ2) is 38.8. The molecule has 1 saturated heterocycles. The van der Waals surface area contributed by atoms with Gasteiger partial charge in [-0.05, 0) is 89.9 Å². The molecule has 6 atom stereocenters. The first kappa shape index (κ1) is 53.6. The maximum Gasteiger partial charge on any atom is 0.306 e. The average molecular weight is 827 g/mol. The largest absolute Gasteiger partial charge is 0.462 e. The van der Waals surface area contributed by atoms with Crippen molar-refractivity contribution in [1.29, 1.82) is 0 Å². The fourth-order valence-electron chi connectivity index (χ4n) is 5.88. The summed E-state index contributed by atoms with van der Waals surface area (Å²) in [6.07, 6.45) is 44.1. The number of carbonyl (C=O) groups excluding carboxylic acids is 2. The Hall–Kier alpha value is -3.38. The van der Waals surface area contributed by atoms with Crippen LogP contribution in [-0.4, -0.2) is 89.0 Å². The summed E-state index contributed by atoms with van der Waals surface area (Å²) in [7, 11) is 0. The van der Waals surface area contributed by atoms with Crippen LogP contribution in [0.2, 0.25) is 0 Å². The van der Waals surface area contributed by atoms with Gasteiger partial charge in [-0.25, -0.2) is 0 Å². The number of rotatable bonds is 35. The lowest BCUT2D eigenvalue weighted by Gasteiger charge is -2.39. The van der Waals surface area contributed by atoms with Gasteiger partial charge in [0.1, 0.15) is 31.0 Å². The van der Waals surface area contributed by atoms with Gasteiger partial charge in [0.15, 0.2) is 12.4 Å². The molecule has 10 nitrogen and oxygen atoms in total. The molecule has 0 aromatic heterocycles. The quantitative estimate of drug-likeness (QED) is 0.0276. The molecule has 1 fully saturated rings. The van der Waals surface area contributed by atoms with E-state index >= 15 is 0 Å². The van der Waals surface area contributed by atoms with E-state index in [-0.39, 0.29) is 26.1 Å². The van der Waals surface area contributed by atoms with Crippen LogP contribution < -0.4 is 0 Å². The lowest BCUT2D eigenvalue weighted by molar-refractivity contribution is -0.305. The first-order valence-electron chi connectivity index (χ1n) is 22.3. The Morgan fingerprint density at radius 3 is 1.51 bits per heavy atom. The topological polar surface area (TPSA) is 152 Å². The van der Waals surface area contributed by atoms with E-state index in [1.54, 1.807) is 0 Å². The Labute approximate surface area is 356 Å². The van der Waals surface area contributed by atoms with Crippen LogP contribution in [0.4, 0.5) is 0 Å². The summed E-state index contributed by atoms with van der Waals surface area (Å²) in [5.41, 5.74) is 0. The monoisotopic (exact) mass is 827 g/mol. The SMILES string of the molecule is CCC/C=C/C/C=C/C/C=C/C/C=C/CCCCCC(=O)OC[C@@H](CO[C@H]1O[C@@H](CO)[C@@H](O)C(O)C1O)OC(=O)CCC/C=C/C/C=C/C/C=C/C/C=C/CCCCC. The molecule has 0 bridgehead atoms. The van der Waals surface area contributed by atoms with Gasteiger partial charge < -0.3 is 39.4 Å². The molecule has 1 aliphatic rings. The lowest BCUT2D eigenvalue weighted by atomic mass is 9.99. The molecule has 334 valence electrons. The van der Waals surface area contributed by atoms with Crippen LogP contribution in [0.1, 0.15) is 142 Å². The maximum absolute atomic E-state index is 12.7. The van der Waals surface area contributed by atoms with Crippen molar-refractivity contribution in [3.8, 4) is 0 Å². The van der Waals surface area contributed by atoms with Crippen molar-refractivity contribution in [2.24, 2.45) is 0 Å². The molecule has 4 N–H and O–H groups in total. The van der Waals surface area contributed by atoms with Crippen LogP contribution in [0.3, 0.4) is 0 Å². The Morgan fingerprint density at radius 2 is 1.00 bits per heavy atom. The molecular formula is C49H78O10. The third-order valence-electron chi connectivity index (χ3n) is 9.42. The fraction of sp³-hybridized carbons (Fsp3) is 0.633. The molecular weight excluding hydrogens is 749 g/mol. The molecule has 0 aliphatic carbocycles. The van der Waals surface area contributed by atoms with Crippen molar-refractivity contribution in [3.05, 3.63) is 97.2 Å². The summed E-state index contributed by atoms with van der Waals surface area (Å²) in [6.45, 7) is 3.21. The molecule has 0 spiro atoms. The van der Waals surface area contributed by atoms with Crippen LogP contribution in [0.25, 0.3) is 0 Å². The number of ether oxygens (including phenoxy) is 4. The minimum atomic E-state index is -1.62. The highest BCUT2D eigenvalue weighted by molar-refractivity contribution is 5.70. The Balaban J connectivity index is 2.42. The smallest absolute Gasteiger partial charge is 0.306 e. The predicted octanol–water partition coefficient (Wildman–Crippen LogP) is 9.55. The van der Waals surface area contributed by atoms with Crippen LogP contribution in [0.5, 0.6) is 0 Å². The van der Waals surface area contributed by atoms with E-state index in [1.165, 1.54) is 25.7 Å². The highest BCUT2D eigenvalue weighted by atomic mass is 16.7. The summed E-state index contributed by atoms with van der Waals surface area (Å²) >= 11 is 0. The highest BCUT2D eigenvalue weighted by Gasteiger charge is 2.44. The maximum atomic E-state index is 12.7. The van der Waals surface area contributed by atoms with E-state index in [0.29, 0.717) is 19.3 Å². The number of aliphatic hydroxyl groups is 4. The number of hydrogen-bond donors (Lipinski definition) is 4. The lowest BCUT2D eigenvalue weighted by Crippen LogP contribution is -2.59. The third-order valence-corrected chi connectivity index (χ3v) is 9.42. The van der Waals surface area contributed by atoms with E-state index < -0.39 is 55.4 Å². The molecule has 59 heavy (non-hydrogen) atoms. The first-order chi connectivity index (χ1) is 28.8. The second-order valence-corrected chi connectivity index (χ2v) is 14.8. The number of unbranched alkanes of at least 4 members (excludes halogenated alkanes) is 8. The van der Waals surface area contributed by atoms with Crippen LogP contribution in [0.15, 0.2) is 97.2 Å². The van der Waals surface area contributed by atoms with Crippen molar-refractivity contribution in [2.75, 3.05) is 19.8 Å². The summed E-state index contributed by atoms with van der Waals surface area (Å²) < 4.78 is 22.1. The molecule has 2 unspecified atom stereocenters. The molecule has 10 heteroatoms. The van der Waals surface area contributed by atoms with Gasteiger partial charge in [0.25, 0.3) is 0 Å². The first-order valence-corrected chi connectivity index (χ1v) is 22.3. The minimum absolute atomic E-state index is 0.141.